The minimum atomic E-state index is -0.397. The third-order valence-electron chi connectivity index (χ3n) is 5.74. The minimum absolute atomic E-state index is 0.0858. The van der Waals surface area contributed by atoms with Crippen molar-refractivity contribution < 1.29 is 14.7 Å². The Kier molecular flexibility index (Phi) is 6.94. The maximum absolute atomic E-state index is 12.8. The number of hydrogen-bond donors (Lipinski definition) is 3. The molecule has 1 atom stereocenters. The Hall–Kier alpha value is -2.94. The molecule has 0 aliphatic carbocycles. The van der Waals surface area contributed by atoms with Crippen molar-refractivity contribution in [2.24, 2.45) is 0 Å². The Morgan fingerprint density at radius 1 is 1.42 bits per heavy atom. The van der Waals surface area contributed by atoms with Crippen LogP contribution < -0.4 is 10.2 Å². The zero-order valence-corrected chi connectivity index (χ0v) is 18.5. The summed E-state index contributed by atoms with van der Waals surface area (Å²) in [6, 6.07) is -0.287. The Morgan fingerprint density at radius 3 is 2.84 bits per heavy atom. The molecule has 9 heteroatoms. The maximum atomic E-state index is 12.8. The number of aliphatic hydroxyl groups excluding tert-OH is 1. The summed E-state index contributed by atoms with van der Waals surface area (Å²) in [6.45, 7) is 11.3. The van der Waals surface area contributed by atoms with Gasteiger partial charge in [0.05, 0.1) is 29.9 Å². The van der Waals surface area contributed by atoms with Gasteiger partial charge in [0.1, 0.15) is 11.3 Å². The second-order valence-corrected chi connectivity index (χ2v) is 8.55. The number of rotatable bonds is 8. The highest BCUT2D eigenvalue weighted by molar-refractivity contribution is 6.04. The van der Waals surface area contributed by atoms with Crippen LogP contribution in [0.2, 0.25) is 0 Å². The number of aromatic nitrogens is 3. The van der Waals surface area contributed by atoms with E-state index >= 15 is 0 Å². The monoisotopic (exact) mass is 428 g/mol. The third kappa shape index (κ3) is 4.87. The van der Waals surface area contributed by atoms with E-state index < -0.39 is 5.54 Å². The molecule has 1 unspecified atom stereocenters. The van der Waals surface area contributed by atoms with Gasteiger partial charge < -0.3 is 25.2 Å². The molecule has 1 fully saturated rings. The number of unbranched alkanes of at least 4 members (excludes halogenated alkanes) is 1. The summed E-state index contributed by atoms with van der Waals surface area (Å²) in [7, 11) is 0. The number of nitrogens with one attached hydrogen (secondary N) is 2. The molecule has 3 rings (SSSR count). The number of aromatic amines is 1. The highest BCUT2D eigenvalue weighted by Crippen LogP contribution is 2.26. The third-order valence-corrected chi connectivity index (χ3v) is 5.74. The van der Waals surface area contributed by atoms with Crippen LogP contribution in [0.4, 0.5) is 5.82 Å². The first-order chi connectivity index (χ1) is 14.8. The first-order valence-electron chi connectivity index (χ1n) is 10.8. The minimum Gasteiger partial charge on any atom is -0.394 e. The van der Waals surface area contributed by atoms with Crippen molar-refractivity contribution in [3.05, 3.63) is 30.6 Å². The van der Waals surface area contributed by atoms with Crippen LogP contribution in [0, 0.1) is 0 Å². The maximum Gasteiger partial charge on any atom is 0.255 e. The summed E-state index contributed by atoms with van der Waals surface area (Å²) in [5.41, 5.74) is 1.03. The molecule has 3 N–H and O–H groups in total. The Balaban J connectivity index is 1.81. The number of aliphatic hydroxyl groups is 1. The molecule has 0 bridgehead atoms. The van der Waals surface area contributed by atoms with E-state index in [-0.39, 0.29) is 24.5 Å². The van der Waals surface area contributed by atoms with Crippen LogP contribution in [0.3, 0.4) is 0 Å². The molecule has 9 nitrogen and oxygen atoms in total. The van der Waals surface area contributed by atoms with Crippen molar-refractivity contribution in [3.63, 3.8) is 0 Å². The fourth-order valence-electron chi connectivity index (χ4n) is 4.00. The normalized spacial score (nSPS) is 16.9. The zero-order valence-electron chi connectivity index (χ0n) is 18.5. The van der Waals surface area contributed by atoms with E-state index in [2.05, 4.69) is 33.7 Å². The number of hydrogen-bond acceptors (Lipinski definition) is 6. The van der Waals surface area contributed by atoms with Gasteiger partial charge in [-0.3, -0.25) is 9.59 Å². The van der Waals surface area contributed by atoms with Gasteiger partial charge in [0.25, 0.3) is 5.91 Å². The van der Waals surface area contributed by atoms with Crippen LogP contribution in [-0.2, 0) is 4.79 Å². The number of amides is 2. The summed E-state index contributed by atoms with van der Waals surface area (Å²) < 4.78 is 0. The van der Waals surface area contributed by atoms with Crippen LogP contribution in [0.15, 0.2) is 25.0 Å². The van der Waals surface area contributed by atoms with E-state index in [4.69, 9.17) is 4.98 Å². The second kappa shape index (κ2) is 9.47. The van der Waals surface area contributed by atoms with Crippen LogP contribution in [0.25, 0.3) is 11.2 Å². The molecule has 0 spiro atoms. The smallest absolute Gasteiger partial charge is 0.255 e. The topological polar surface area (TPSA) is 114 Å². The van der Waals surface area contributed by atoms with Crippen molar-refractivity contribution in [1.29, 1.82) is 0 Å². The molecule has 1 aliphatic rings. The van der Waals surface area contributed by atoms with Gasteiger partial charge in [-0.15, -0.1) is 0 Å². The predicted octanol–water partition coefficient (Wildman–Crippen LogP) is 1.85. The molecular weight excluding hydrogens is 396 g/mol. The van der Waals surface area contributed by atoms with Crippen LogP contribution >= 0.6 is 0 Å². The molecular formula is C22H32N6O3. The number of fused-ring (bicyclic) bond motifs is 1. The SMILES string of the molecule is C=CC(=O)N1CCN(c2cnc3[nH]cc(C(=O)NC(CO)CCCC)c3n2)CC1(C)C. The van der Waals surface area contributed by atoms with Crippen molar-refractivity contribution in [1.82, 2.24) is 25.2 Å². The molecule has 168 valence electrons. The molecule has 2 aromatic heterocycles. The number of carbonyl (C=O) groups is 2. The average Bonchev–Trinajstić information content (AvgIpc) is 3.18. The Morgan fingerprint density at radius 2 is 2.19 bits per heavy atom. The van der Waals surface area contributed by atoms with E-state index in [1.165, 1.54) is 6.08 Å². The fourth-order valence-corrected chi connectivity index (χ4v) is 4.00. The van der Waals surface area contributed by atoms with E-state index in [1.54, 1.807) is 12.4 Å². The highest BCUT2D eigenvalue weighted by atomic mass is 16.3. The van der Waals surface area contributed by atoms with Gasteiger partial charge in [-0.2, -0.15) is 0 Å². The summed E-state index contributed by atoms with van der Waals surface area (Å²) in [4.78, 5) is 41.0. The number of piperazine rings is 1. The molecule has 2 amide bonds. The van der Waals surface area contributed by atoms with Crippen LogP contribution in [0.1, 0.15) is 50.4 Å². The summed E-state index contributed by atoms with van der Waals surface area (Å²) in [5, 5.41) is 12.5. The number of anilines is 1. The van der Waals surface area contributed by atoms with Crippen molar-refractivity contribution in [2.75, 3.05) is 31.1 Å². The van der Waals surface area contributed by atoms with E-state index in [9.17, 15) is 14.7 Å². The second-order valence-electron chi connectivity index (χ2n) is 8.55. The molecule has 0 saturated carbocycles. The molecule has 1 saturated heterocycles. The first-order valence-corrected chi connectivity index (χ1v) is 10.8. The highest BCUT2D eigenvalue weighted by Gasteiger charge is 2.36. The number of nitrogens with zero attached hydrogens (tertiary/aromatic N) is 4. The van der Waals surface area contributed by atoms with Crippen molar-refractivity contribution in [3.8, 4) is 0 Å². The van der Waals surface area contributed by atoms with Gasteiger partial charge in [-0.25, -0.2) is 9.97 Å². The lowest BCUT2D eigenvalue weighted by Gasteiger charge is -2.47. The summed E-state index contributed by atoms with van der Waals surface area (Å²) in [6.07, 6.45) is 7.27. The number of carbonyl (C=O) groups excluding carboxylic acids is 2. The van der Waals surface area contributed by atoms with Gasteiger partial charge in [0.2, 0.25) is 5.91 Å². The molecule has 0 radical (unpaired) electrons. The van der Waals surface area contributed by atoms with E-state index in [0.29, 0.717) is 42.2 Å². The predicted molar refractivity (Wildman–Crippen MR) is 120 cm³/mol. The lowest BCUT2D eigenvalue weighted by atomic mass is 9.98. The summed E-state index contributed by atoms with van der Waals surface area (Å²) in [5.74, 6) is 0.288. The van der Waals surface area contributed by atoms with Gasteiger partial charge in [-0.1, -0.05) is 26.3 Å². The van der Waals surface area contributed by atoms with Crippen LogP contribution in [-0.4, -0.2) is 74.6 Å². The molecule has 0 aromatic carbocycles. The fraction of sp³-hybridized carbons (Fsp3) is 0.545. The quantitative estimate of drug-likeness (QED) is 0.553. The molecule has 3 heterocycles. The summed E-state index contributed by atoms with van der Waals surface area (Å²) >= 11 is 0. The van der Waals surface area contributed by atoms with Gasteiger partial charge >= 0.3 is 0 Å². The van der Waals surface area contributed by atoms with Crippen molar-refractivity contribution in [2.45, 2.75) is 51.6 Å². The van der Waals surface area contributed by atoms with Gasteiger partial charge in [0.15, 0.2) is 5.65 Å². The lowest BCUT2D eigenvalue weighted by molar-refractivity contribution is -0.131. The van der Waals surface area contributed by atoms with Gasteiger partial charge in [-0.05, 0) is 26.3 Å². The van der Waals surface area contributed by atoms with Crippen LogP contribution in [0.5, 0.6) is 0 Å². The zero-order chi connectivity index (χ0) is 22.6. The number of H-pyrrole nitrogens is 1. The average molecular weight is 429 g/mol. The standard InChI is InChI=1S/C22H32N6O3/c1-5-7-8-15(13-29)25-21(31)16-11-23-20-19(16)26-17(12-24-20)27-9-10-28(18(30)6-2)22(3,4)14-27/h6,11-12,15,29H,2,5,7-10,13-14H2,1,3-4H3,(H,23,24)(H,25,31). The molecule has 31 heavy (non-hydrogen) atoms. The molecule has 2 aromatic rings. The Labute approximate surface area is 182 Å². The van der Waals surface area contributed by atoms with E-state index in [0.717, 1.165) is 19.3 Å². The lowest BCUT2D eigenvalue weighted by Crippen LogP contribution is -2.61. The van der Waals surface area contributed by atoms with E-state index in [1.807, 2.05) is 18.7 Å². The van der Waals surface area contributed by atoms with Crippen molar-refractivity contribution >= 4 is 28.8 Å². The Bertz CT molecular complexity index is 954. The molecule has 1 aliphatic heterocycles. The largest absolute Gasteiger partial charge is 0.394 e. The first kappa shape index (κ1) is 22.7. The van der Waals surface area contributed by atoms with Gasteiger partial charge in [0, 0.05) is 25.8 Å².